The molecule has 2 aromatic carbocycles. The lowest BCUT2D eigenvalue weighted by Gasteiger charge is -2.28. The average molecular weight is 270 g/mol. The first-order valence-corrected chi connectivity index (χ1v) is 6.85. The highest BCUT2D eigenvalue weighted by atomic mass is 16.3. The Labute approximate surface area is 120 Å². The van der Waals surface area contributed by atoms with E-state index in [0.717, 1.165) is 27.8 Å². The van der Waals surface area contributed by atoms with Crippen LogP contribution in [0.25, 0.3) is 0 Å². The van der Waals surface area contributed by atoms with Crippen LogP contribution in [0.5, 0.6) is 11.5 Å². The van der Waals surface area contributed by atoms with Gasteiger partial charge in [-0.05, 0) is 43.0 Å². The fourth-order valence-electron chi connectivity index (χ4n) is 2.64. The molecule has 0 radical (unpaired) electrons. The highest BCUT2D eigenvalue weighted by Gasteiger charge is 2.27. The Kier molecular flexibility index (Phi) is 3.51. The fraction of sp³-hybridized carbons (Fsp3) is 0.333. The standard InChI is InChI=1S/C18H22O2/c1-11-7-6-8-15(17(11)20)18(4,5)14-9-12(2)16(19)13(3)10-14/h6-10,19-20H,1-5H3. The molecule has 0 heterocycles. The van der Waals surface area contributed by atoms with Gasteiger partial charge in [-0.25, -0.2) is 0 Å². The molecule has 0 fully saturated rings. The average Bonchev–Trinajstić information content (AvgIpc) is 2.38. The van der Waals surface area contributed by atoms with Crippen LogP contribution < -0.4 is 0 Å². The van der Waals surface area contributed by atoms with Crippen LogP contribution in [-0.4, -0.2) is 10.2 Å². The number of hydrogen-bond acceptors (Lipinski definition) is 2. The number of hydrogen-bond donors (Lipinski definition) is 2. The van der Waals surface area contributed by atoms with Gasteiger partial charge in [0.05, 0.1) is 0 Å². The Bertz CT molecular complexity index is 631. The van der Waals surface area contributed by atoms with Crippen molar-refractivity contribution in [3.8, 4) is 11.5 Å². The summed E-state index contributed by atoms with van der Waals surface area (Å²) in [5.74, 6) is 0.693. The molecule has 20 heavy (non-hydrogen) atoms. The summed E-state index contributed by atoms with van der Waals surface area (Å²) in [4.78, 5) is 0. The summed E-state index contributed by atoms with van der Waals surface area (Å²) in [7, 11) is 0. The molecule has 2 aromatic rings. The first-order chi connectivity index (χ1) is 9.25. The van der Waals surface area contributed by atoms with E-state index in [1.54, 1.807) is 0 Å². The third-order valence-electron chi connectivity index (χ3n) is 4.12. The van der Waals surface area contributed by atoms with Gasteiger partial charge >= 0.3 is 0 Å². The van der Waals surface area contributed by atoms with Gasteiger partial charge in [0.15, 0.2) is 0 Å². The second-order valence-corrected chi connectivity index (χ2v) is 6.05. The van der Waals surface area contributed by atoms with Crippen LogP contribution in [0.3, 0.4) is 0 Å². The van der Waals surface area contributed by atoms with Crippen LogP contribution in [-0.2, 0) is 5.41 Å². The van der Waals surface area contributed by atoms with Gasteiger partial charge < -0.3 is 10.2 Å². The lowest BCUT2D eigenvalue weighted by molar-refractivity contribution is 0.448. The molecule has 0 aromatic heterocycles. The molecule has 0 aliphatic carbocycles. The zero-order valence-corrected chi connectivity index (χ0v) is 12.8. The largest absolute Gasteiger partial charge is 0.507 e. The normalized spacial score (nSPS) is 11.7. The van der Waals surface area contributed by atoms with Crippen molar-refractivity contribution in [2.24, 2.45) is 0 Å². The highest BCUT2D eigenvalue weighted by Crippen LogP contribution is 2.40. The summed E-state index contributed by atoms with van der Waals surface area (Å²) >= 11 is 0. The molecule has 2 heteroatoms. The Morgan fingerprint density at radius 1 is 0.800 bits per heavy atom. The molecule has 0 spiro atoms. The van der Waals surface area contributed by atoms with Crippen molar-refractivity contribution in [2.75, 3.05) is 0 Å². The van der Waals surface area contributed by atoms with Crippen LogP contribution in [0.4, 0.5) is 0 Å². The summed E-state index contributed by atoms with van der Waals surface area (Å²) in [6.07, 6.45) is 0. The first kappa shape index (κ1) is 14.4. The van der Waals surface area contributed by atoms with E-state index in [2.05, 4.69) is 13.8 Å². The number of para-hydroxylation sites is 1. The number of rotatable bonds is 2. The van der Waals surface area contributed by atoms with E-state index in [1.165, 1.54) is 0 Å². The predicted molar refractivity (Wildman–Crippen MR) is 82.6 cm³/mol. The molecule has 0 aliphatic rings. The molecule has 0 bridgehead atoms. The number of aromatic hydroxyl groups is 2. The van der Waals surface area contributed by atoms with Crippen LogP contribution in [0.15, 0.2) is 30.3 Å². The second kappa shape index (κ2) is 4.86. The summed E-state index contributed by atoms with van der Waals surface area (Å²) in [5, 5.41) is 20.3. The Balaban J connectivity index is 2.63. The van der Waals surface area contributed by atoms with Gasteiger partial charge in [-0.2, -0.15) is 0 Å². The third kappa shape index (κ3) is 2.26. The van der Waals surface area contributed by atoms with Crippen molar-refractivity contribution in [2.45, 2.75) is 40.0 Å². The second-order valence-electron chi connectivity index (χ2n) is 6.05. The van der Waals surface area contributed by atoms with Gasteiger partial charge in [-0.3, -0.25) is 0 Å². The molecule has 106 valence electrons. The van der Waals surface area contributed by atoms with Crippen molar-refractivity contribution in [1.29, 1.82) is 0 Å². The van der Waals surface area contributed by atoms with Gasteiger partial charge in [0.25, 0.3) is 0 Å². The van der Waals surface area contributed by atoms with E-state index in [1.807, 2.05) is 51.1 Å². The van der Waals surface area contributed by atoms with Crippen LogP contribution in [0, 0.1) is 20.8 Å². The first-order valence-electron chi connectivity index (χ1n) is 6.85. The molecule has 0 saturated carbocycles. The molecule has 0 unspecified atom stereocenters. The summed E-state index contributed by atoms with van der Waals surface area (Å²) in [6.45, 7) is 9.89. The Morgan fingerprint density at radius 2 is 1.35 bits per heavy atom. The summed E-state index contributed by atoms with van der Waals surface area (Å²) in [6, 6.07) is 9.81. The SMILES string of the molecule is Cc1cc(C(C)(C)c2cccc(C)c2O)cc(C)c1O. The van der Waals surface area contributed by atoms with Crippen molar-refractivity contribution >= 4 is 0 Å². The van der Waals surface area contributed by atoms with Gasteiger partial charge in [0, 0.05) is 11.0 Å². The lowest BCUT2D eigenvalue weighted by atomic mass is 9.76. The Hall–Kier alpha value is -1.96. The maximum Gasteiger partial charge on any atom is 0.122 e. The number of phenols is 2. The summed E-state index contributed by atoms with van der Waals surface area (Å²) < 4.78 is 0. The van der Waals surface area contributed by atoms with E-state index in [-0.39, 0.29) is 5.41 Å². The zero-order valence-electron chi connectivity index (χ0n) is 12.8. The minimum Gasteiger partial charge on any atom is -0.507 e. The monoisotopic (exact) mass is 270 g/mol. The fourth-order valence-corrected chi connectivity index (χ4v) is 2.64. The molecule has 2 nitrogen and oxygen atoms in total. The number of phenolic OH excluding ortho intramolecular Hbond substituents is 2. The highest BCUT2D eigenvalue weighted by molar-refractivity contribution is 5.52. The quantitative estimate of drug-likeness (QED) is 0.851. The zero-order chi connectivity index (χ0) is 15.1. The topological polar surface area (TPSA) is 40.5 Å². The van der Waals surface area contributed by atoms with E-state index >= 15 is 0 Å². The van der Waals surface area contributed by atoms with Crippen molar-refractivity contribution in [1.82, 2.24) is 0 Å². The maximum atomic E-state index is 10.3. The molecular weight excluding hydrogens is 248 g/mol. The lowest BCUT2D eigenvalue weighted by Crippen LogP contribution is -2.19. The van der Waals surface area contributed by atoms with Crippen molar-refractivity contribution in [3.63, 3.8) is 0 Å². The van der Waals surface area contributed by atoms with Crippen molar-refractivity contribution < 1.29 is 10.2 Å². The van der Waals surface area contributed by atoms with Gasteiger partial charge in [-0.15, -0.1) is 0 Å². The van der Waals surface area contributed by atoms with E-state index in [0.29, 0.717) is 11.5 Å². The van der Waals surface area contributed by atoms with Crippen LogP contribution >= 0.6 is 0 Å². The van der Waals surface area contributed by atoms with E-state index in [4.69, 9.17) is 0 Å². The molecule has 2 N–H and O–H groups in total. The van der Waals surface area contributed by atoms with Crippen LogP contribution in [0.1, 0.15) is 41.7 Å². The molecule has 0 aliphatic heterocycles. The molecule has 0 atom stereocenters. The molecule has 2 rings (SSSR count). The van der Waals surface area contributed by atoms with E-state index < -0.39 is 0 Å². The van der Waals surface area contributed by atoms with Gasteiger partial charge in [-0.1, -0.05) is 44.2 Å². The smallest absolute Gasteiger partial charge is 0.122 e. The number of benzene rings is 2. The minimum atomic E-state index is -0.320. The number of aryl methyl sites for hydroxylation is 3. The molecular formula is C18H22O2. The summed E-state index contributed by atoms with van der Waals surface area (Å²) in [5.41, 5.74) is 4.27. The van der Waals surface area contributed by atoms with Gasteiger partial charge in [0.1, 0.15) is 11.5 Å². The Morgan fingerprint density at radius 3 is 1.90 bits per heavy atom. The van der Waals surface area contributed by atoms with Crippen molar-refractivity contribution in [3.05, 3.63) is 58.1 Å². The minimum absolute atomic E-state index is 0.320. The maximum absolute atomic E-state index is 10.3. The van der Waals surface area contributed by atoms with Gasteiger partial charge in [0.2, 0.25) is 0 Å². The molecule has 0 saturated heterocycles. The predicted octanol–water partition coefficient (Wildman–Crippen LogP) is 4.35. The third-order valence-corrected chi connectivity index (χ3v) is 4.12. The van der Waals surface area contributed by atoms with Crippen LogP contribution in [0.2, 0.25) is 0 Å². The van der Waals surface area contributed by atoms with E-state index in [9.17, 15) is 10.2 Å². The molecule has 0 amide bonds.